The van der Waals surface area contributed by atoms with Crippen LogP contribution in [0.15, 0.2) is 36.4 Å². The minimum Gasteiger partial charge on any atom is -0.494 e. The zero-order chi connectivity index (χ0) is 19.7. The average Bonchev–Trinajstić information content (AvgIpc) is 3.21. The van der Waals surface area contributed by atoms with Crippen LogP contribution in [0.25, 0.3) is 33.7 Å². The van der Waals surface area contributed by atoms with Crippen LogP contribution in [-0.2, 0) is 14.1 Å². The SMILES string of the molecule is CCCOc1ccc2c(c1)nc(-c1nc3ccc(OCCC)cc3n1C)n2C. The summed E-state index contributed by atoms with van der Waals surface area (Å²) in [5.74, 6) is 3.38. The monoisotopic (exact) mass is 378 g/mol. The van der Waals surface area contributed by atoms with Crippen molar-refractivity contribution < 1.29 is 9.47 Å². The number of imidazole rings is 2. The quantitative estimate of drug-likeness (QED) is 0.468. The number of aromatic nitrogens is 4. The van der Waals surface area contributed by atoms with Gasteiger partial charge in [0.15, 0.2) is 11.6 Å². The molecule has 28 heavy (non-hydrogen) atoms. The van der Waals surface area contributed by atoms with Crippen molar-refractivity contribution in [3.63, 3.8) is 0 Å². The molecule has 0 saturated carbocycles. The standard InChI is InChI=1S/C22H26N4O2/c1-5-11-27-15-8-10-19-18(13-15)24-22(25(19)3)21-23-17-9-7-16(28-12-6-2)14-20(17)26(21)4/h7-10,13-14H,5-6,11-12H2,1-4H3. The normalized spacial score (nSPS) is 11.4. The van der Waals surface area contributed by atoms with Crippen LogP contribution in [0.5, 0.6) is 11.5 Å². The number of rotatable bonds is 7. The predicted molar refractivity (Wildman–Crippen MR) is 112 cm³/mol. The summed E-state index contributed by atoms with van der Waals surface area (Å²) >= 11 is 0. The first kappa shape index (κ1) is 18.3. The molecule has 0 unspecified atom stereocenters. The molecule has 2 aromatic heterocycles. The van der Waals surface area contributed by atoms with Gasteiger partial charge in [0.05, 0.1) is 35.3 Å². The van der Waals surface area contributed by atoms with Gasteiger partial charge in [0.1, 0.15) is 11.5 Å². The molecule has 0 fully saturated rings. The number of benzene rings is 2. The molecule has 4 rings (SSSR count). The Kier molecular flexibility index (Phi) is 4.94. The molecule has 0 aliphatic carbocycles. The lowest BCUT2D eigenvalue weighted by molar-refractivity contribution is 0.317. The Balaban J connectivity index is 1.77. The van der Waals surface area contributed by atoms with Crippen molar-refractivity contribution in [2.45, 2.75) is 26.7 Å². The van der Waals surface area contributed by atoms with Crippen LogP contribution in [0.3, 0.4) is 0 Å². The van der Waals surface area contributed by atoms with Crippen LogP contribution in [0.1, 0.15) is 26.7 Å². The van der Waals surface area contributed by atoms with E-state index in [1.165, 1.54) is 0 Å². The first-order valence-corrected chi connectivity index (χ1v) is 9.81. The molecule has 146 valence electrons. The van der Waals surface area contributed by atoms with Crippen molar-refractivity contribution in [3.05, 3.63) is 36.4 Å². The first-order valence-electron chi connectivity index (χ1n) is 9.81. The summed E-state index contributed by atoms with van der Waals surface area (Å²) in [6.07, 6.45) is 1.97. The summed E-state index contributed by atoms with van der Waals surface area (Å²) in [6.45, 7) is 5.62. The number of hydrogen-bond acceptors (Lipinski definition) is 4. The van der Waals surface area contributed by atoms with Gasteiger partial charge in [-0.3, -0.25) is 0 Å². The van der Waals surface area contributed by atoms with Crippen molar-refractivity contribution in [2.75, 3.05) is 13.2 Å². The summed E-state index contributed by atoms with van der Waals surface area (Å²) < 4.78 is 15.7. The maximum absolute atomic E-state index is 5.77. The summed E-state index contributed by atoms with van der Waals surface area (Å²) in [6, 6.07) is 12.1. The van der Waals surface area contributed by atoms with Gasteiger partial charge in [0.2, 0.25) is 0 Å². The molecular weight excluding hydrogens is 352 g/mol. The predicted octanol–water partition coefficient (Wildman–Crippen LogP) is 4.70. The van der Waals surface area contributed by atoms with E-state index in [-0.39, 0.29) is 0 Å². The van der Waals surface area contributed by atoms with E-state index >= 15 is 0 Å². The van der Waals surface area contributed by atoms with E-state index in [0.717, 1.165) is 58.1 Å². The van der Waals surface area contributed by atoms with Gasteiger partial charge in [-0.2, -0.15) is 0 Å². The number of ether oxygens (including phenoxy) is 2. The minimum absolute atomic E-state index is 0.707. The molecule has 0 aliphatic heterocycles. The summed E-state index contributed by atoms with van der Waals surface area (Å²) in [5.41, 5.74) is 3.92. The number of fused-ring (bicyclic) bond motifs is 2. The highest BCUT2D eigenvalue weighted by Gasteiger charge is 2.17. The molecular formula is C22H26N4O2. The average molecular weight is 378 g/mol. The van der Waals surface area contributed by atoms with Gasteiger partial charge in [-0.1, -0.05) is 13.8 Å². The van der Waals surface area contributed by atoms with E-state index in [4.69, 9.17) is 19.4 Å². The van der Waals surface area contributed by atoms with Gasteiger partial charge in [-0.25, -0.2) is 9.97 Å². The molecule has 6 heteroatoms. The van der Waals surface area contributed by atoms with E-state index in [0.29, 0.717) is 13.2 Å². The molecule has 2 aromatic carbocycles. The second kappa shape index (κ2) is 7.54. The van der Waals surface area contributed by atoms with Crippen molar-refractivity contribution in [3.8, 4) is 23.1 Å². The topological polar surface area (TPSA) is 54.1 Å². The Bertz CT molecular complexity index is 1130. The largest absolute Gasteiger partial charge is 0.494 e. The Morgan fingerprint density at radius 1 is 0.714 bits per heavy atom. The van der Waals surface area contributed by atoms with Crippen LogP contribution >= 0.6 is 0 Å². The first-order chi connectivity index (χ1) is 13.6. The van der Waals surface area contributed by atoms with Gasteiger partial charge < -0.3 is 18.6 Å². The van der Waals surface area contributed by atoms with Crippen molar-refractivity contribution in [1.82, 2.24) is 19.1 Å². The van der Waals surface area contributed by atoms with Gasteiger partial charge >= 0.3 is 0 Å². The van der Waals surface area contributed by atoms with Crippen LogP contribution < -0.4 is 9.47 Å². The van der Waals surface area contributed by atoms with Crippen molar-refractivity contribution >= 4 is 22.1 Å². The number of hydrogen-bond donors (Lipinski definition) is 0. The zero-order valence-electron chi connectivity index (χ0n) is 16.9. The highest BCUT2D eigenvalue weighted by molar-refractivity contribution is 5.84. The summed E-state index contributed by atoms with van der Waals surface area (Å²) in [5, 5.41) is 0. The molecule has 4 aromatic rings. The van der Waals surface area contributed by atoms with E-state index in [2.05, 4.69) is 29.0 Å². The molecule has 0 bridgehead atoms. The van der Waals surface area contributed by atoms with Crippen LogP contribution in [0.2, 0.25) is 0 Å². The Labute approximate surface area is 164 Å². The van der Waals surface area contributed by atoms with Gasteiger partial charge in [0, 0.05) is 26.2 Å². The van der Waals surface area contributed by atoms with Crippen LogP contribution in [0, 0.1) is 0 Å². The minimum atomic E-state index is 0.707. The lowest BCUT2D eigenvalue weighted by atomic mass is 10.3. The van der Waals surface area contributed by atoms with Crippen LogP contribution in [0.4, 0.5) is 0 Å². The van der Waals surface area contributed by atoms with Crippen molar-refractivity contribution in [1.29, 1.82) is 0 Å². The van der Waals surface area contributed by atoms with Crippen LogP contribution in [-0.4, -0.2) is 32.3 Å². The van der Waals surface area contributed by atoms with Gasteiger partial charge in [-0.15, -0.1) is 0 Å². The third-order valence-corrected chi connectivity index (χ3v) is 4.85. The molecule has 6 nitrogen and oxygen atoms in total. The third kappa shape index (κ3) is 3.19. The van der Waals surface area contributed by atoms with Gasteiger partial charge in [-0.05, 0) is 37.1 Å². The molecule has 0 N–H and O–H groups in total. The number of aryl methyl sites for hydroxylation is 2. The molecule has 0 radical (unpaired) electrons. The Hall–Kier alpha value is -3.02. The van der Waals surface area contributed by atoms with E-state index < -0.39 is 0 Å². The van der Waals surface area contributed by atoms with E-state index in [1.54, 1.807) is 0 Å². The fourth-order valence-electron chi connectivity index (χ4n) is 3.37. The third-order valence-electron chi connectivity index (χ3n) is 4.85. The summed E-state index contributed by atoms with van der Waals surface area (Å²) in [7, 11) is 4.04. The summed E-state index contributed by atoms with van der Waals surface area (Å²) in [4.78, 5) is 9.67. The molecule has 0 amide bonds. The molecule has 0 spiro atoms. The Morgan fingerprint density at radius 2 is 1.29 bits per heavy atom. The van der Waals surface area contributed by atoms with Crippen molar-refractivity contribution in [2.24, 2.45) is 14.1 Å². The highest BCUT2D eigenvalue weighted by atomic mass is 16.5. The zero-order valence-corrected chi connectivity index (χ0v) is 16.9. The Morgan fingerprint density at radius 3 is 1.96 bits per heavy atom. The lowest BCUT2D eigenvalue weighted by Crippen LogP contribution is -1.99. The maximum Gasteiger partial charge on any atom is 0.177 e. The van der Waals surface area contributed by atoms with E-state index in [9.17, 15) is 0 Å². The van der Waals surface area contributed by atoms with E-state index in [1.807, 2.05) is 44.4 Å². The molecule has 2 heterocycles. The second-order valence-electron chi connectivity index (χ2n) is 6.99. The molecule has 0 saturated heterocycles. The fraction of sp³-hybridized carbons (Fsp3) is 0.364. The van der Waals surface area contributed by atoms with Gasteiger partial charge in [0.25, 0.3) is 0 Å². The smallest absolute Gasteiger partial charge is 0.177 e. The highest BCUT2D eigenvalue weighted by Crippen LogP contribution is 2.29. The maximum atomic E-state index is 5.77. The fourth-order valence-corrected chi connectivity index (χ4v) is 3.37. The molecule has 0 atom stereocenters. The number of nitrogens with zero attached hydrogens (tertiary/aromatic N) is 4. The molecule has 0 aliphatic rings. The lowest BCUT2D eigenvalue weighted by Gasteiger charge is -2.05. The second-order valence-corrected chi connectivity index (χ2v) is 6.99.